The maximum absolute atomic E-state index is 12.1. The summed E-state index contributed by atoms with van der Waals surface area (Å²) in [5.74, 6) is 0. The third-order valence-electron chi connectivity index (χ3n) is 3.11. The predicted octanol–water partition coefficient (Wildman–Crippen LogP) is 2.74. The fourth-order valence-corrected chi connectivity index (χ4v) is 2.11. The Hall–Kier alpha value is -1.56. The van der Waals surface area contributed by atoms with Crippen molar-refractivity contribution >= 4 is 12.1 Å². The van der Waals surface area contributed by atoms with Crippen LogP contribution in [0.25, 0.3) is 0 Å². The number of hydrogen-bond donors (Lipinski definition) is 2. The largest absolute Gasteiger partial charge is 0.443 e. The number of nitrogens with one attached hydrogen (secondary N) is 1. The molecule has 0 aromatic heterocycles. The summed E-state index contributed by atoms with van der Waals surface area (Å²) in [5.41, 5.74) is 6.03. The van der Waals surface area contributed by atoms with Crippen LogP contribution < -0.4 is 11.1 Å². The average molecular weight is 297 g/mol. The summed E-state index contributed by atoms with van der Waals surface area (Å²) in [7, 11) is 0. The lowest BCUT2D eigenvalue weighted by molar-refractivity contribution is 0.0328. The van der Waals surface area contributed by atoms with Crippen molar-refractivity contribution in [2.45, 2.75) is 58.5 Å². The molecule has 0 unspecified atom stereocenters. The first-order valence-electron chi connectivity index (χ1n) is 7.52. The number of carbonyl (C=O) groups excluding carboxylic acids is 2. The van der Waals surface area contributed by atoms with Gasteiger partial charge in [-0.05, 0) is 46.5 Å². The van der Waals surface area contributed by atoms with E-state index in [0.717, 1.165) is 30.6 Å². The highest BCUT2D eigenvalue weighted by molar-refractivity contribution is 5.91. The Morgan fingerprint density at radius 1 is 1.29 bits per heavy atom. The summed E-state index contributed by atoms with van der Waals surface area (Å²) in [6.07, 6.45) is 6.60. The second-order valence-corrected chi connectivity index (χ2v) is 6.23. The molecule has 120 valence electrons. The van der Waals surface area contributed by atoms with Gasteiger partial charge in [-0.2, -0.15) is 0 Å². The van der Waals surface area contributed by atoms with Crippen LogP contribution in [-0.2, 0) is 4.74 Å². The number of nitrogens with zero attached hydrogens (tertiary/aromatic N) is 1. The third kappa shape index (κ3) is 6.62. The monoisotopic (exact) mass is 297 g/mol. The van der Waals surface area contributed by atoms with Crippen molar-refractivity contribution in [3.05, 3.63) is 11.8 Å². The second-order valence-electron chi connectivity index (χ2n) is 6.23. The van der Waals surface area contributed by atoms with E-state index in [0.29, 0.717) is 0 Å². The molecule has 0 bridgehead atoms. The highest BCUT2D eigenvalue weighted by Crippen LogP contribution is 2.21. The van der Waals surface area contributed by atoms with Crippen molar-refractivity contribution in [1.82, 2.24) is 10.2 Å². The van der Waals surface area contributed by atoms with Crippen molar-refractivity contribution in [3.8, 4) is 0 Å². The minimum absolute atomic E-state index is 0.129. The summed E-state index contributed by atoms with van der Waals surface area (Å²) in [5, 5.41) is 2.67. The van der Waals surface area contributed by atoms with E-state index in [1.807, 2.05) is 0 Å². The molecule has 1 fully saturated rings. The number of imide groups is 1. The lowest BCUT2D eigenvalue weighted by atomic mass is 9.96. The van der Waals surface area contributed by atoms with Gasteiger partial charge >= 0.3 is 12.1 Å². The lowest BCUT2D eigenvalue weighted by Crippen LogP contribution is -2.46. The van der Waals surface area contributed by atoms with E-state index in [2.05, 4.69) is 5.32 Å². The van der Waals surface area contributed by atoms with Crippen molar-refractivity contribution in [2.24, 2.45) is 5.73 Å². The van der Waals surface area contributed by atoms with Gasteiger partial charge < -0.3 is 15.8 Å². The Kier molecular flexibility index (Phi) is 6.68. The molecule has 6 nitrogen and oxygen atoms in total. The van der Waals surface area contributed by atoms with E-state index in [4.69, 9.17) is 10.5 Å². The Labute approximate surface area is 126 Å². The van der Waals surface area contributed by atoms with Crippen LogP contribution in [-0.4, -0.2) is 35.7 Å². The molecule has 0 aromatic rings. The van der Waals surface area contributed by atoms with Crippen LogP contribution in [0.5, 0.6) is 0 Å². The van der Waals surface area contributed by atoms with Crippen LogP contribution in [0.15, 0.2) is 11.8 Å². The molecule has 1 rings (SSSR count). The first kappa shape index (κ1) is 17.5. The van der Waals surface area contributed by atoms with Crippen LogP contribution in [0.1, 0.15) is 52.9 Å². The van der Waals surface area contributed by atoms with Gasteiger partial charge in [0.25, 0.3) is 0 Å². The third-order valence-corrected chi connectivity index (χ3v) is 3.11. The first-order valence-corrected chi connectivity index (χ1v) is 7.52. The molecule has 0 radical (unpaired) electrons. The number of rotatable bonds is 3. The van der Waals surface area contributed by atoms with Gasteiger partial charge in [0.15, 0.2) is 0 Å². The fourth-order valence-electron chi connectivity index (χ4n) is 2.11. The molecule has 3 amide bonds. The topological polar surface area (TPSA) is 84.7 Å². The zero-order valence-electron chi connectivity index (χ0n) is 13.3. The molecular weight excluding hydrogens is 270 g/mol. The molecule has 21 heavy (non-hydrogen) atoms. The molecule has 3 N–H and O–H groups in total. The Balaban J connectivity index is 2.61. The Morgan fingerprint density at radius 3 is 2.43 bits per heavy atom. The summed E-state index contributed by atoms with van der Waals surface area (Å²) in [6, 6.07) is -0.493. The molecule has 0 aliphatic heterocycles. The maximum atomic E-state index is 12.1. The van der Waals surface area contributed by atoms with Gasteiger partial charge in [-0.25, -0.2) is 14.5 Å². The number of nitrogens with two attached hydrogens (primary N) is 1. The molecule has 0 saturated heterocycles. The number of amides is 3. The summed E-state index contributed by atoms with van der Waals surface area (Å²) in [4.78, 5) is 25.1. The van der Waals surface area contributed by atoms with Crippen LogP contribution in [0.4, 0.5) is 9.59 Å². The first-order chi connectivity index (χ1) is 9.83. The van der Waals surface area contributed by atoms with E-state index in [1.165, 1.54) is 12.0 Å². The van der Waals surface area contributed by atoms with Gasteiger partial charge in [0.2, 0.25) is 0 Å². The maximum Gasteiger partial charge on any atom is 0.418 e. The minimum atomic E-state index is -0.674. The summed E-state index contributed by atoms with van der Waals surface area (Å²) < 4.78 is 5.22. The van der Waals surface area contributed by atoms with Gasteiger partial charge in [-0.1, -0.05) is 12.0 Å². The Bertz CT molecular complexity index is 391. The number of carbonyl (C=O) groups is 2. The quantitative estimate of drug-likeness (QED) is 0.839. The molecule has 1 aliphatic rings. The highest BCUT2D eigenvalue weighted by Gasteiger charge is 2.26. The zero-order chi connectivity index (χ0) is 15.9. The van der Waals surface area contributed by atoms with Gasteiger partial charge in [0.05, 0.1) is 0 Å². The zero-order valence-corrected chi connectivity index (χ0v) is 13.3. The Morgan fingerprint density at radius 2 is 1.90 bits per heavy atom. The van der Waals surface area contributed by atoms with Crippen LogP contribution in [0, 0.1) is 0 Å². The normalized spacial score (nSPS) is 15.3. The van der Waals surface area contributed by atoms with Crippen molar-refractivity contribution in [1.29, 1.82) is 0 Å². The molecule has 0 spiro atoms. The van der Waals surface area contributed by atoms with Gasteiger partial charge in [-0.15, -0.1) is 0 Å². The van der Waals surface area contributed by atoms with Gasteiger partial charge in [-0.3, -0.25) is 0 Å². The van der Waals surface area contributed by atoms with Crippen molar-refractivity contribution < 1.29 is 14.3 Å². The predicted molar refractivity (Wildman–Crippen MR) is 81.7 cm³/mol. The fraction of sp³-hybridized carbons (Fsp3) is 0.733. The van der Waals surface area contributed by atoms with Crippen molar-refractivity contribution in [2.75, 3.05) is 13.1 Å². The van der Waals surface area contributed by atoms with Gasteiger partial charge in [0.1, 0.15) is 5.60 Å². The highest BCUT2D eigenvalue weighted by atomic mass is 16.6. The summed E-state index contributed by atoms with van der Waals surface area (Å²) in [6.45, 7) is 5.60. The van der Waals surface area contributed by atoms with E-state index < -0.39 is 17.7 Å². The molecule has 0 heterocycles. The second kappa shape index (κ2) is 8.02. The standard InChI is InChI=1S/C15H27N3O3/c1-15(2,3)21-14(20)18(10-9-16)13(19)17-11-12-7-5-4-6-8-12/h11H,4-10,16H2,1-3H3,(H,17,19). The van der Waals surface area contributed by atoms with Crippen LogP contribution in [0.3, 0.4) is 0 Å². The lowest BCUT2D eigenvalue weighted by Gasteiger charge is -2.25. The SMILES string of the molecule is CC(C)(C)OC(=O)N(CCN)C(=O)NC=C1CCCCC1. The van der Waals surface area contributed by atoms with Gasteiger partial charge in [0, 0.05) is 19.3 Å². The molecule has 0 aromatic carbocycles. The molecule has 0 atom stereocenters. The molecule has 1 aliphatic carbocycles. The van der Waals surface area contributed by atoms with Crippen molar-refractivity contribution in [3.63, 3.8) is 0 Å². The number of urea groups is 1. The van der Waals surface area contributed by atoms with E-state index in [-0.39, 0.29) is 13.1 Å². The average Bonchev–Trinajstić information content (AvgIpc) is 2.41. The number of allylic oxidation sites excluding steroid dienone is 1. The van der Waals surface area contributed by atoms with Crippen LogP contribution >= 0.6 is 0 Å². The molecule has 1 saturated carbocycles. The smallest absolute Gasteiger partial charge is 0.418 e. The number of hydrogen-bond acceptors (Lipinski definition) is 4. The minimum Gasteiger partial charge on any atom is -0.443 e. The number of ether oxygens (including phenoxy) is 1. The molecule has 6 heteroatoms. The van der Waals surface area contributed by atoms with E-state index >= 15 is 0 Å². The summed E-state index contributed by atoms with van der Waals surface area (Å²) >= 11 is 0. The van der Waals surface area contributed by atoms with Crippen LogP contribution in [0.2, 0.25) is 0 Å². The molecular formula is C15H27N3O3. The van der Waals surface area contributed by atoms with E-state index in [9.17, 15) is 9.59 Å². The van der Waals surface area contributed by atoms with E-state index in [1.54, 1.807) is 27.0 Å².